The van der Waals surface area contributed by atoms with E-state index in [0.717, 1.165) is 11.3 Å². The number of benzene rings is 1. The van der Waals surface area contributed by atoms with Gasteiger partial charge in [0.25, 0.3) is 0 Å². The second kappa shape index (κ2) is 4.20. The highest BCUT2D eigenvalue weighted by Gasteiger charge is 2.10. The lowest BCUT2D eigenvalue weighted by molar-refractivity contribution is 0.0696. The van der Waals surface area contributed by atoms with Crippen LogP contribution in [0.3, 0.4) is 0 Å². The highest BCUT2D eigenvalue weighted by molar-refractivity contribution is 5.91. The number of carboxylic acid groups (broad SMARTS) is 1. The number of aryl methyl sites for hydroxylation is 1. The number of nitrogens with zero attached hydrogens (tertiary/aromatic N) is 3. The van der Waals surface area contributed by atoms with Gasteiger partial charge in [0.05, 0.1) is 17.4 Å². The Bertz CT molecular complexity index is 777. The van der Waals surface area contributed by atoms with Crippen LogP contribution in [-0.2, 0) is 0 Å². The van der Waals surface area contributed by atoms with Crippen LogP contribution in [-0.4, -0.2) is 25.8 Å². The second-order valence-corrected chi connectivity index (χ2v) is 4.34. The summed E-state index contributed by atoms with van der Waals surface area (Å²) in [6.45, 7) is 2.01. The van der Waals surface area contributed by atoms with Crippen LogP contribution in [0.15, 0.2) is 42.7 Å². The Labute approximate surface area is 109 Å². The molecule has 94 valence electrons. The maximum atomic E-state index is 10.9. The normalized spacial score (nSPS) is 10.8. The zero-order valence-electron chi connectivity index (χ0n) is 10.2. The molecule has 0 unspecified atom stereocenters. The zero-order chi connectivity index (χ0) is 13.4. The minimum absolute atomic E-state index is 0.163. The first kappa shape index (κ1) is 11.4. The molecule has 1 aromatic carbocycles. The minimum atomic E-state index is -0.988. The number of pyridine rings is 1. The van der Waals surface area contributed by atoms with Crippen LogP contribution in [0.5, 0.6) is 0 Å². The van der Waals surface area contributed by atoms with E-state index < -0.39 is 5.97 Å². The van der Waals surface area contributed by atoms with E-state index in [2.05, 4.69) is 10.1 Å². The second-order valence-electron chi connectivity index (χ2n) is 4.34. The molecule has 0 saturated carbocycles. The van der Waals surface area contributed by atoms with E-state index in [1.54, 1.807) is 16.9 Å². The van der Waals surface area contributed by atoms with Crippen LogP contribution in [0.25, 0.3) is 16.7 Å². The number of aromatic nitrogens is 3. The van der Waals surface area contributed by atoms with Crippen molar-refractivity contribution in [2.45, 2.75) is 6.92 Å². The fourth-order valence-electron chi connectivity index (χ4n) is 1.99. The van der Waals surface area contributed by atoms with Gasteiger partial charge in [-0.3, -0.25) is 0 Å². The summed E-state index contributed by atoms with van der Waals surface area (Å²) in [6.07, 6.45) is 2.97. The van der Waals surface area contributed by atoms with Crippen molar-refractivity contribution in [3.05, 3.63) is 53.9 Å². The van der Waals surface area contributed by atoms with Gasteiger partial charge in [-0.1, -0.05) is 12.1 Å². The van der Waals surface area contributed by atoms with E-state index in [-0.39, 0.29) is 5.56 Å². The fraction of sp³-hybridized carbons (Fsp3) is 0.0714. The Morgan fingerprint density at radius 3 is 2.84 bits per heavy atom. The summed E-state index contributed by atoms with van der Waals surface area (Å²) >= 11 is 0. The van der Waals surface area contributed by atoms with Crippen LogP contribution in [0.2, 0.25) is 0 Å². The molecule has 0 aliphatic rings. The topological polar surface area (TPSA) is 68.0 Å². The molecule has 5 heteroatoms. The standard InChI is InChI=1S/C14H11N3O2/c1-9-3-2-4-12(5-9)17-13-10(8-16-17)6-11(7-15-13)14(18)19/h2-8H,1H3,(H,18,19). The van der Waals surface area contributed by atoms with Gasteiger partial charge in [-0.05, 0) is 30.7 Å². The van der Waals surface area contributed by atoms with E-state index in [1.807, 2.05) is 31.2 Å². The molecule has 19 heavy (non-hydrogen) atoms. The van der Waals surface area contributed by atoms with E-state index in [4.69, 9.17) is 5.11 Å². The van der Waals surface area contributed by atoms with Gasteiger partial charge in [0.15, 0.2) is 5.65 Å². The van der Waals surface area contributed by atoms with Gasteiger partial charge < -0.3 is 5.11 Å². The molecule has 0 amide bonds. The molecule has 0 aliphatic heterocycles. The van der Waals surface area contributed by atoms with Gasteiger partial charge in [-0.2, -0.15) is 5.10 Å². The highest BCUT2D eigenvalue weighted by atomic mass is 16.4. The predicted molar refractivity (Wildman–Crippen MR) is 70.6 cm³/mol. The average molecular weight is 253 g/mol. The third kappa shape index (κ3) is 1.95. The molecule has 0 aliphatic carbocycles. The van der Waals surface area contributed by atoms with Gasteiger partial charge in [-0.25, -0.2) is 14.5 Å². The maximum Gasteiger partial charge on any atom is 0.337 e. The minimum Gasteiger partial charge on any atom is -0.478 e. The molecule has 3 rings (SSSR count). The summed E-state index contributed by atoms with van der Waals surface area (Å²) in [6, 6.07) is 9.46. The number of aromatic carboxylic acids is 1. The average Bonchev–Trinajstić information content (AvgIpc) is 2.81. The number of fused-ring (bicyclic) bond motifs is 1. The SMILES string of the molecule is Cc1cccc(-n2ncc3cc(C(=O)O)cnc32)c1. The van der Waals surface area contributed by atoms with Crippen molar-refractivity contribution < 1.29 is 9.90 Å². The summed E-state index contributed by atoms with van der Waals surface area (Å²) in [7, 11) is 0. The van der Waals surface area contributed by atoms with E-state index in [9.17, 15) is 4.79 Å². The van der Waals surface area contributed by atoms with Gasteiger partial charge in [0.2, 0.25) is 0 Å². The van der Waals surface area contributed by atoms with Crippen molar-refractivity contribution in [2.24, 2.45) is 0 Å². The smallest absolute Gasteiger partial charge is 0.337 e. The molecule has 2 heterocycles. The van der Waals surface area contributed by atoms with Gasteiger partial charge in [0.1, 0.15) is 0 Å². The Balaban J connectivity index is 2.18. The number of rotatable bonds is 2. The highest BCUT2D eigenvalue weighted by Crippen LogP contribution is 2.18. The van der Waals surface area contributed by atoms with Crippen molar-refractivity contribution >= 4 is 17.0 Å². The Kier molecular flexibility index (Phi) is 2.52. The first-order valence-electron chi connectivity index (χ1n) is 5.79. The summed E-state index contributed by atoms with van der Waals surface area (Å²) < 4.78 is 1.70. The lowest BCUT2D eigenvalue weighted by atomic mass is 10.2. The van der Waals surface area contributed by atoms with Crippen molar-refractivity contribution in [1.29, 1.82) is 0 Å². The summed E-state index contributed by atoms with van der Waals surface area (Å²) in [5.74, 6) is -0.988. The largest absolute Gasteiger partial charge is 0.478 e. The molecule has 1 N–H and O–H groups in total. The van der Waals surface area contributed by atoms with Crippen LogP contribution in [0, 0.1) is 6.92 Å². The van der Waals surface area contributed by atoms with E-state index in [1.165, 1.54) is 6.20 Å². The molecule has 0 radical (unpaired) electrons. The Morgan fingerprint density at radius 2 is 2.11 bits per heavy atom. The number of hydrogen-bond acceptors (Lipinski definition) is 3. The number of carboxylic acids is 1. The molecule has 3 aromatic rings. The molecule has 0 bridgehead atoms. The van der Waals surface area contributed by atoms with Gasteiger partial charge in [-0.15, -0.1) is 0 Å². The van der Waals surface area contributed by atoms with Gasteiger partial charge in [0, 0.05) is 11.6 Å². The summed E-state index contributed by atoms with van der Waals surface area (Å²) in [4.78, 5) is 15.1. The fourth-order valence-corrected chi connectivity index (χ4v) is 1.99. The third-order valence-electron chi connectivity index (χ3n) is 2.90. The molecule has 0 spiro atoms. The van der Waals surface area contributed by atoms with Crippen molar-refractivity contribution in [3.8, 4) is 5.69 Å². The van der Waals surface area contributed by atoms with Crippen LogP contribution >= 0.6 is 0 Å². The van der Waals surface area contributed by atoms with Crippen molar-refractivity contribution in [3.63, 3.8) is 0 Å². The van der Waals surface area contributed by atoms with Crippen LogP contribution in [0.1, 0.15) is 15.9 Å². The number of carbonyl (C=O) groups is 1. The molecule has 2 aromatic heterocycles. The number of hydrogen-bond donors (Lipinski definition) is 1. The van der Waals surface area contributed by atoms with E-state index >= 15 is 0 Å². The predicted octanol–water partition coefficient (Wildman–Crippen LogP) is 2.43. The van der Waals surface area contributed by atoms with Crippen LogP contribution in [0.4, 0.5) is 0 Å². The first-order chi connectivity index (χ1) is 9.15. The quantitative estimate of drug-likeness (QED) is 0.761. The summed E-state index contributed by atoms with van der Waals surface area (Å²) in [5.41, 5.74) is 2.85. The zero-order valence-corrected chi connectivity index (χ0v) is 10.2. The lowest BCUT2D eigenvalue weighted by Crippen LogP contribution is -2.00. The first-order valence-corrected chi connectivity index (χ1v) is 5.79. The van der Waals surface area contributed by atoms with Gasteiger partial charge >= 0.3 is 5.97 Å². The molecule has 0 saturated heterocycles. The molecule has 0 atom stereocenters. The third-order valence-corrected chi connectivity index (χ3v) is 2.90. The van der Waals surface area contributed by atoms with Crippen molar-refractivity contribution in [2.75, 3.05) is 0 Å². The lowest BCUT2D eigenvalue weighted by Gasteiger charge is -2.03. The molecule has 0 fully saturated rings. The molecule has 5 nitrogen and oxygen atoms in total. The molecular weight excluding hydrogens is 242 g/mol. The Hall–Kier alpha value is -2.69. The van der Waals surface area contributed by atoms with Crippen molar-refractivity contribution in [1.82, 2.24) is 14.8 Å². The maximum absolute atomic E-state index is 10.9. The molecular formula is C14H11N3O2. The van der Waals surface area contributed by atoms with Crippen LogP contribution < -0.4 is 0 Å². The monoisotopic (exact) mass is 253 g/mol. The summed E-state index contributed by atoms with van der Waals surface area (Å²) in [5, 5.41) is 13.9. The Morgan fingerprint density at radius 1 is 1.26 bits per heavy atom. The van der Waals surface area contributed by atoms with E-state index in [0.29, 0.717) is 11.0 Å².